The smallest absolute Gasteiger partial charge is 0.243 e. The number of benzene rings is 1. The SMILES string of the molecule is Cc1cc(N2CCCC(N(C)S(=O)(=O)c3cccc(F)c3)CC2)nc(C)n1. The first-order chi connectivity index (χ1) is 12.8. The summed E-state index contributed by atoms with van der Waals surface area (Å²) < 4.78 is 40.6. The number of halogens is 1. The third-order valence-corrected chi connectivity index (χ3v) is 6.87. The van der Waals surface area contributed by atoms with Crippen LogP contribution in [0.1, 0.15) is 30.8 Å². The number of anilines is 1. The zero-order chi connectivity index (χ0) is 19.6. The summed E-state index contributed by atoms with van der Waals surface area (Å²) in [5.74, 6) is 1.07. The molecule has 0 spiro atoms. The Balaban J connectivity index is 1.75. The molecule has 2 heterocycles. The van der Waals surface area contributed by atoms with Crippen molar-refractivity contribution in [2.75, 3.05) is 25.0 Å². The molecular weight excluding hydrogens is 367 g/mol. The molecule has 3 rings (SSSR count). The van der Waals surface area contributed by atoms with Gasteiger partial charge in [-0.1, -0.05) is 6.07 Å². The molecule has 0 radical (unpaired) electrons. The van der Waals surface area contributed by atoms with Crippen LogP contribution in [0.2, 0.25) is 0 Å². The van der Waals surface area contributed by atoms with Crippen molar-refractivity contribution in [2.45, 2.75) is 44.0 Å². The van der Waals surface area contributed by atoms with Crippen molar-refractivity contribution in [2.24, 2.45) is 0 Å². The number of aryl methyl sites for hydroxylation is 2. The minimum Gasteiger partial charge on any atom is -0.356 e. The molecule has 0 saturated carbocycles. The highest BCUT2D eigenvalue weighted by molar-refractivity contribution is 7.89. The average Bonchev–Trinajstić information content (AvgIpc) is 2.86. The van der Waals surface area contributed by atoms with E-state index in [0.29, 0.717) is 13.0 Å². The van der Waals surface area contributed by atoms with Gasteiger partial charge in [0.25, 0.3) is 0 Å². The normalized spacial score (nSPS) is 18.6. The van der Waals surface area contributed by atoms with Crippen LogP contribution >= 0.6 is 0 Å². The first-order valence-corrected chi connectivity index (χ1v) is 10.5. The number of hydrogen-bond acceptors (Lipinski definition) is 5. The molecule has 1 aliphatic rings. The monoisotopic (exact) mass is 392 g/mol. The maximum atomic E-state index is 13.5. The van der Waals surface area contributed by atoms with Crippen molar-refractivity contribution < 1.29 is 12.8 Å². The lowest BCUT2D eigenvalue weighted by Gasteiger charge is -2.27. The van der Waals surface area contributed by atoms with Gasteiger partial charge in [-0.05, 0) is 51.3 Å². The highest BCUT2D eigenvalue weighted by atomic mass is 32.2. The molecule has 1 atom stereocenters. The van der Waals surface area contributed by atoms with Crippen LogP contribution in [0.15, 0.2) is 35.2 Å². The molecule has 146 valence electrons. The van der Waals surface area contributed by atoms with Gasteiger partial charge in [0.2, 0.25) is 10.0 Å². The second-order valence-corrected chi connectivity index (χ2v) is 8.96. The number of nitrogens with zero attached hydrogens (tertiary/aromatic N) is 4. The highest BCUT2D eigenvalue weighted by Gasteiger charge is 2.30. The largest absolute Gasteiger partial charge is 0.356 e. The molecule has 1 aromatic heterocycles. The van der Waals surface area contributed by atoms with E-state index in [1.54, 1.807) is 7.05 Å². The van der Waals surface area contributed by atoms with Crippen LogP contribution in [-0.4, -0.2) is 48.9 Å². The van der Waals surface area contributed by atoms with E-state index in [4.69, 9.17) is 0 Å². The lowest BCUT2D eigenvalue weighted by Crippen LogP contribution is -2.38. The highest BCUT2D eigenvalue weighted by Crippen LogP contribution is 2.25. The molecule has 1 unspecified atom stereocenters. The number of aromatic nitrogens is 2. The van der Waals surface area contributed by atoms with Crippen LogP contribution in [-0.2, 0) is 10.0 Å². The average molecular weight is 393 g/mol. The minimum absolute atomic E-state index is 0.00634. The first-order valence-electron chi connectivity index (χ1n) is 9.08. The fourth-order valence-corrected chi connectivity index (χ4v) is 4.97. The Labute approximate surface area is 160 Å². The molecule has 27 heavy (non-hydrogen) atoms. The third-order valence-electron chi connectivity index (χ3n) is 4.96. The molecule has 6 nitrogen and oxygen atoms in total. The predicted octanol–water partition coefficient (Wildman–Crippen LogP) is 2.91. The summed E-state index contributed by atoms with van der Waals surface area (Å²) >= 11 is 0. The van der Waals surface area contributed by atoms with Gasteiger partial charge in [-0.15, -0.1) is 0 Å². The van der Waals surface area contributed by atoms with E-state index in [-0.39, 0.29) is 10.9 Å². The van der Waals surface area contributed by atoms with Crippen molar-refractivity contribution in [1.29, 1.82) is 0 Å². The molecule has 0 bridgehead atoms. The minimum atomic E-state index is -3.72. The summed E-state index contributed by atoms with van der Waals surface area (Å²) in [6.45, 7) is 5.35. The van der Waals surface area contributed by atoms with Crippen LogP contribution in [0.4, 0.5) is 10.2 Å². The Hall–Kier alpha value is -2.06. The lowest BCUT2D eigenvalue weighted by atomic mass is 10.1. The van der Waals surface area contributed by atoms with Crippen molar-refractivity contribution in [3.05, 3.63) is 47.7 Å². The van der Waals surface area contributed by atoms with Crippen molar-refractivity contribution in [3.63, 3.8) is 0 Å². The van der Waals surface area contributed by atoms with Crippen LogP contribution in [0.25, 0.3) is 0 Å². The molecule has 1 aromatic carbocycles. The molecule has 1 fully saturated rings. The zero-order valence-corrected chi connectivity index (χ0v) is 16.7. The summed E-state index contributed by atoms with van der Waals surface area (Å²) in [4.78, 5) is 11.0. The van der Waals surface area contributed by atoms with Gasteiger partial charge in [0, 0.05) is 37.9 Å². The Bertz CT molecular complexity index is 899. The van der Waals surface area contributed by atoms with Gasteiger partial charge in [0.15, 0.2) is 0 Å². The topological polar surface area (TPSA) is 66.4 Å². The van der Waals surface area contributed by atoms with E-state index in [0.717, 1.165) is 42.8 Å². The van der Waals surface area contributed by atoms with Gasteiger partial charge in [0.1, 0.15) is 17.5 Å². The number of rotatable bonds is 4. The molecule has 2 aromatic rings. The maximum absolute atomic E-state index is 13.5. The summed E-state index contributed by atoms with van der Waals surface area (Å²) in [7, 11) is -2.14. The van der Waals surface area contributed by atoms with Crippen molar-refractivity contribution >= 4 is 15.8 Å². The summed E-state index contributed by atoms with van der Waals surface area (Å²) in [5, 5.41) is 0. The van der Waals surface area contributed by atoms with Gasteiger partial charge < -0.3 is 4.90 Å². The fourth-order valence-electron chi connectivity index (χ4n) is 3.52. The van der Waals surface area contributed by atoms with Crippen LogP contribution in [0.3, 0.4) is 0 Å². The van der Waals surface area contributed by atoms with Crippen LogP contribution < -0.4 is 4.90 Å². The van der Waals surface area contributed by atoms with Crippen molar-refractivity contribution in [1.82, 2.24) is 14.3 Å². The first kappa shape index (κ1) is 19.7. The molecule has 0 amide bonds. The second kappa shape index (κ2) is 7.90. The van der Waals surface area contributed by atoms with Crippen LogP contribution in [0, 0.1) is 19.7 Å². The third kappa shape index (κ3) is 4.44. The van der Waals surface area contributed by atoms with Gasteiger partial charge in [-0.3, -0.25) is 0 Å². The van der Waals surface area contributed by atoms with Gasteiger partial charge in [-0.2, -0.15) is 4.31 Å². The van der Waals surface area contributed by atoms with Gasteiger partial charge in [0.05, 0.1) is 4.90 Å². The predicted molar refractivity (Wildman–Crippen MR) is 103 cm³/mol. The number of sulfonamides is 1. The van der Waals surface area contributed by atoms with E-state index >= 15 is 0 Å². The molecule has 0 N–H and O–H groups in total. The van der Waals surface area contributed by atoms with Gasteiger partial charge in [-0.25, -0.2) is 22.8 Å². The fraction of sp³-hybridized carbons (Fsp3) is 0.474. The molecular formula is C19H25FN4O2S. The quantitative estimate of drug-likeness (QED) is 0.800. The molecule has 0 aliphatic carbocycles. The van der Waals surface area contributed by atoms with E-state index in [1.165, 1.54) is 22.5 Å². The second-order valence-electron chi connectivity index (χ2n) is 6.97. The Morgan fingerprint density at radius 2 is 1.93 bits per heavy atom. The standard InChI is InChI=1S/C19H25FN4O2S/c1-14-12-19(22-15(2)21-14)24-10-5-7-17(9-11-24)23(3)27(25,26)18-8-4-6-16(20)13-18/h4,6,8,12-13,17H,5,7,9-11H2,1-3H3. The van der Waals surface area contributed by atoms with E-state index in [2.05, 4.69) is 14.9 Å². The van der Waals surface area contributed by atoms with Crippen molar-refractivity contribution in [3.8, 4) is 0 Å². The Morgan fingerprint density at radius 3 is 2.63 bits per heavy atom. The lowest BCUT2D eigenvalue weighted by molar-refractivity contribution is 0.342. The molecule has 8 heteroatoms. The summed E-state index contributed by atoms with van der Waals surface area (Å²) in [6, 6.07) is 7.00. The Kier molecular flexibility index (Phi) is 5.76. The summed E-state index contributed by atoms with van der Waals surface area (Å²) in [5.41, 5.74) is 0.920. The van der Waals surface area contributed by atoms with E-state index in [9.17, 15) is 12.8 Å². The zero-order valence-electron chi connectivity index (χ0n) is 15.9. The van der Waals surface area contributed by atoms with E-state index in [1.807, 2.05) is 19.9 Å². The molecule has 1 aliphatic heterocycles. The summed E-state index contributed by atoms with van der Waals surface area (Å²) in [6.07, 6.45) is 2.30. The Morgan fingerprint density at radius 1 is 1.15 bits per heavy atom. The van der Waals surface area contributed by atoms with Gasteiger partial charge >= 0.3 is 0 Å². The van der Waals surface area contributed by atoms with E-state index < -0.39 is 15.8 Å². The van der Waals surface area contributed by atoms with Crippen LogP contribution in [0.5, 0.6) is 0 Å². The molecule has 1 saturated heterocycles. The number of hydrogen-bond donors (Lipinski definition) is 0. The maximum Gasteiger partial charge on any atom is 0.243 e.